The fourth-order valence-corrected chi connectivity index (χ4v) is 2.35. The first-order valence-electron chi connectivity index (χ1n) is 6.79. The molecule has 1 aliphatic rings. The highest BCUT2D eigenvalue weighted by Crippen LogP contribution is 2.15. The molecule has 6 nitrogen and oxygen atoms in total. The zero-order valence-corrected chi connectivity index (χ0v) is 11.8. The summed E-state index contributed by atoms with van der Waals surface area (Å²) in [5, 5.41) is 2.84. The number of amides is 2. The molecule has 1 fully saturated rings. The van der Waals surface area contributed by atoms with Crippen LogP contribution in [-0.2, 0) is 9.53 Å². The van der Waals surface area contributed by atoms with E-state index in [4.69, 9.17) is 4.74 Å². The number of carbonyl (C=O) groups excluding carboxylic acids is 2. The Morgan fingerprint density at radius 3 is 2.81 bits per heavy atom. The van der Waals surface area contributed by atoms with E-state index in [-0.39, 0.29) is 30.0 Å². The molecule has 1 aliphatic heterocycles. The smallest absolute Gasteiger partial charge is 0.256 e. The summed E-state index contributed by atoms with van der Waals surface area (Å²) in [5.41, 5.74) is 0.0341. The Bertz CT molecular complexity index is 516. The Balaban J connectivity index is 1.88. The molecule has 0 radical (unpaired) electrons. The second-order valence-electron chi connectivity index (χ2n) is 4.92. The Labute approximate surface area is 122 Å². The van der Waals surface area contributed by atoms with Gasteiger partial charge in [-0.3, -0.25) is 14.6 Å². The molecule has 0 unspecified atom stereocenters. The maximum absolute atomic E-state index is 13.5. The highest BCUT2D eigenvalue weighted by atomic mass is 19.1. The normalized spacial score (nSPS) is 15.8. The molecular formula is C14H18FN3O3. The van der Waals surface area contributed by atoms with Crippen molar-refractivity contribution in [1.82, 2.24) is 15.2 Å². The maximum atomic E-state index is 13.5. The van der Waals surface area contributed by atoms with Gasteiger partial charge in [-0.25, -0.2) is 4.39 Å². The molecule has 0 saturated carbocycles. The lowest BCUT2D eigenvalue weighted by Crippen LogP contribution is -2.47. The first kappa shape index (κ1) is 15.4. The molecule has 7 heteroatoms. The van der Waals surface area contributed by atoms with Crippen molar-refractivity contribution in [2.24, 2.45) is 0 Å². The zero-order chi connectivity index (χ0) is 15.2. The summed E-state index contributed by atoms with van der Waals surface area (Å²) < 4.78 is 18.3. The van der Waals surface area contributed by atoms with Crippen LogP contribution in [0.15, 0.2) is 18.5 Å². The van der Waals surface area contributed by atoms with Crippen molar-refractivity contribution in [3.05, 3.63) is 29.8 Å². The fraction of sp³-hybridized carbons (Fsp3) is 0.500. The van der Waals surface area contributed by atoms with Crippen molar-refractivity contribution >= 4 is 11.8 Å². The van der Waals surface area contributed by atoms with Gasteiger partial charge in [0.15, 0.2) is 5.82 Å². The molecular weight excluding hydrogens is 277 g/mol. The van der Waals surface area contributed by atoms with Crippen LogP contribution in [0.2, 0.25) is 0 Å². The number of carbonyl (C=O) groups is 2. The van der Waals surface area contributed by atoms with Gasteiger partial charge in [-0.2, -0.15) is 0 Å². The molecule has 21 heavy (non-hydrogen) atoms. The van der Waals surface area contributed by atoms with Crippen LogP contribution >= 0.6 is 0 Å². The molecule has 2 amide bonds. The summed E-state index contributed by atoms with van der Waals surface area (Å²) in [6, 6.07) is 1.41. The van der Waals surface area contributed by atoms with Crippen molar-refractivity contribution in [3.63, 3.8) is 0 Å². The SMILES string of the molecule is COCC(=O)NC1CCN(C(=O)c2ccncc2F)CC1. The lowest BCUT2D eigenvalue weighted by molar-refractivity contribution is -0.125. The van der Waals surface area contributed by atoms with Crippen LogP contribution in [0.3, 0.4) is 0 Å². The first-order valence-corrected chi connectivity index (χ1v) is 6.79. The van der Waals surface area contributed by atoms with Crippen molar-refractivity contribution in [3.8, 4) is 0 Å². The molecule has 0 bridgehead atoms. The lowest BCUT2D eigenvalue weighted by atomic mass is 10.0. The third kappa shape index (κ3) is 3.98. The summed E-state index contributed by atoms with van der Waals surface area (Å²) in [6.07, 6.45) is 3.72. The summed E-state index contributed by atoms with van der Waals surface area (Å²) in [4.78, 5) is 28.8. The highest BCUT2D eigenvalue weighted by Gasteiger charge is 2.25. The number of pyridine rings is 1. The molecule has 0 aliphatic carbocycles. The standard InChI is InChI=1S/C14H18FN3O3/c1-21-9-13(19)17-10-3-6-18(7-4-10)14(20)11-2-5-16-8-12(11)15/h2,5,8,10H,3-4,6-7,9H2,1H3,(H,17,19). The summed E-state index contributed by atoms with van der Waals surface area (Å²) in [7, 11) is 1.46. The average Bonchev–Trinajstić information content (AvgIpc) is 2.48. The maximum Gasteiger partial charge on any atom is 0.256 e. The van der Waals surface area contributed by atoms with Gasteiger partial charge in [-0.1, -0.05) is 0 Å². The number of rotatable bonds is 4. The molecule has 0 aromatic carbocycles. The molecule has 2 heterocycles. The first-order chi connectivity index (χ1) is 10.1. The van der Waals surface area contributed by atoms with E-state index < -0.39 is 5.82 Å². The molecule has 1 aromatic rings. The van der Waals surface area contributed by atoms with E-state index in [0.29, 0.717) is 25.9 Å². The van der Waals surface area contributed by atoms with Crippen LogP contribution in [0, 0.1) is 5.82 Å². The Hall–Kier alpha value is -2.02. The van der Waals surface area contributed by atoms with Crippen LogP contribution < -0.4 is 5.32 Å². The number of nitrogens with one attached hydrogen (secondary N) is 1. The number of halogens is 1. The third-order valence-corrected chi connectivity index (χ3v) is 3.43. The van der Waals surface area contributed by atoms with Gasteiger partial charge in [0, 0.05) is 32.4 Å². The van der Waals surface area contributed by atoms with E-state index >= 15 is 0 Å². The number of piperidine rings is 1. The highest BCUT2D eigenvalue weighted by molar-refractivity contribution is 5.94. The van der Waals surface area contributed by atoms with Crippen LogP contribution in [0.1, 0.15) is 23.2 Å². The zero-order valence-electron chi connectivity index (χ0n) is 11.8. The van der Waals surface area contributed by atoms with Gasteiger partial charge in [0.1, 0.15) is 6.61 Å². The molecule has 2 rings (SSSR count). The fourth-order valence-electron chi connectivity index (χ4n) is 2.35. The van der Waals surface area contributed by atoms with Crippen LogP contribution in [-0.4, -0.2) is 54.5 Å². The molecule has 1 saturated heterocycles. The number of methoxy groups -OCH3 is 1. The predicted octanol–water partition coefficient (Wildman–Crippen LogP) is 0.588. The lowest BCUT2D eigenvalue weighted by Gasteiger charge is -2.32. The van der Waals surface area contributed by atoms with E-state index in [2.05, 4.69) is 10.3 Å². The minimum atomic E-state index is -0.613. The molecule has 114 valence electrons. The van der Waals surface area contributed by atoms with Gasteiger partial charge in [-0.15, -0.1) is 0 Å². The van der Waals surface area contributed by atoms with Crippen molar-refractivity contribution in [2.75, 3.05) is 26.8 Å². The van der Waals surface area contributed by atoms with Crippen molar-refractivity contribution in [1.29, 1.82) is 0 Å². The van der Waals surface area contributed by atoms with E-state index in [1.807, 2.05) is 0 Å². The molecule has 1 aromatic heterocycles. The van der Waals surface area contributed by atoms with Gasteiger partial charge < -0.3 is 15.0 Å². The summed E-state index contributed by atoms with van der Waals surface area (Å²) in [5.74, 6) is -1.11. The Morgan fingerprint density at radius 2 is 2.19 bits per heavy atom. The van der Waals surface area contributed by atoms with Gasteiger partial charge in [0.05, 0.1) is 11.8 Å². The van der Waals surface area contributed by atoms with E-state index in [0.717, 1.165) is 6.20 Å². The van der Waals surface area contributed by atoms with Gasteiger partial charge in [0.2, 0.25) is 5.91 Å². The number of hydrogen-bond acceptors (Lipinski definition) is 4. The Kier molecular flexibility index (Phi) is 5.21. The minimum Gasteiger partial charge on any atom is -0.375 e. The van der Waals surface area contributed by atoms with Crippen LogP contribution in [0.5, 0.6) is 0 Å². The number of aromatic nitrogens is 1. The molecule has 0 spiro atoms. The predicted molar refractivity (Wildman–Crippen MR) is 73.1 cm³/mol. The third-order valence-electron chi connectivity index (χ3n) is 3.43. The minimum absolute atomic E-state index is 0.0268. The second kappa shape index (κ2) is 7.12. The average molecular weight is 295 g/mol. The van der Waals surface area contributed by atoms with E-state index in [1.165, 1.54) is 19.4 Å². The van der Waals surface area contributed by atoms with Crippen LogP contribution in [0.25, 0.3) is 0 Å². The van der Waals surface area contributed by atoms with Crippen molar-refractivity contribution in [2.45, 2.75) is 18.9 Å². The largest absolute Gasteiger partial charge is 0.375 e. The number of nitrogens with zero attached hydrogens (tertiary/aromatic N) is 2. The van der Waals surface area contributed by atoms with E-state index in [1.54, 1.807) is 4.90 Å². The summed E-state index contributed by atoms with van der Waals surface area (Å²) in [6.45, 7) is 0.998. The van der Waals surface area contributed by atoms with Gasteiger partial charge >= 0.3 is 0 Å². The Morgan fingerprint density at radius 1 is 1.48 bits per heavy atom. The van der Waals surface area contributed by atoms with Crippen molar-refractivity contribution < 1.29 is 18.7 Å². The molecule has 0 atom stereocenters. The number of hydrogen-bond donors (Lipinski definition) is 1. The van der Waals surface area contributed by atoms with Gasteiger partial charge in [0.25, 0.3) is 5.91 Å². The second-order valence-corrected chi connectivity index (χ2v) is 4.92. The van der Waals surface area contributed by atoms with E-state index in [9.17, 15) is 14.0 Å². The topological polar surface area (TPSA) is 71.5 Å². The molecule has 1 N–H and O–H groups in total. The monoisotopic (exact) mass is 295 g/mol. The van der Waals surface area contributed by atoms with Crippen LogP contribution in [0.4, 0.5) is 4.39 Å². The number of ether oxygens (including phenoxy) is 1. The quantitative estimate of drug-likeness (QED) is 0.882. The summed E-state index contributed by atoms with van der Waals surface area (Å²) >= 11 is 0. The number of likely N-dealkylation sites (tertiary alicyclic amines) is 1. The van der Waals surface area contributed by atoms with Gasteiger partial charge in [-0.05, 0) is 18.9 Å².